The molecule has 2 aliphatic carbocycles. The van der Waals surface area contributed by atoms with Gasteiger partial charge in [-0.15, -0.1) is 0 Å². The number of benzene rings is 1. The molecule has 0 saturated carbocycles. The number of halogens is 1. The van der Waals surface area contributed by atoms with Gasteiger partial charge in [0.15, 0.2) is 9.84 Å². The van der Waals surface area contributed by atoms with Gasteiger partial charge >= 0.3 is 0 Å². The van der Waals surface area contributed by atoms with Crippen LogP contribution in [0.25, 0.3) is 11.0 Å². The average molecular weight is 357 g/mol. The highest BCUT2D eigenvalue weighted by Gasteiger charge is 2.44. The lowest BCUT2D eigenvalue weighted by atomic mass is 9.85. The van der Waals surface area contributed by atoms with Gasteiger partial charge in [0.05, 0.1) is 10.2 Å². The van der Waals surface area contributed by atoms with E-state index in [1.807, 2.05) is 49.4 Å². The largest absolute Gasteiger partial charge is 0.308 e. The summed E-state index contributed by atoms with van der Waals surface area (Å²) in [4.78, 5) is 2.24. The van der Waals surface area contributed by atoms with Crippen molar-refractivity contribution in [1.82, 2.24) is 4.90 Å². The summed E-state index contributed by atoms with van der Waals surface area (Å²) >= 11 is 0. The smallest absolute Gasteiger partial charge is 0.183 e. The summed E-state index contributed by atoms with van der Waals surface area (Å²) in [7, 11) is 0.245. The molecule has 3 nitrogen and oxygen atoms in total. The van der Waals surface area contributed by atoms with Crippen LogP contribution in [0.15, 0.2) is 53.6 Å². The molecule has 4 rings (SSSR count). The molecule has 0 saturated heterocycles. The molecule has 0 bridgehead atoms. The Labute approximate surface area is 147 Å². The summed E-state index contributed by atoms with van der Waals surface area (Å²) in [6.07, 6.45) is 10.4. The van der Waals surface area contributed by atoms with Gasteiger partial charge in [0.1, 0.15) is 5.82 Å². The van der Waals surface area contributed by atoms with Crippen LogP contribution in [0, 0.1) is 11.7 Å². The second-order valence-corrected chi connectivity index (χ2v) is 9.25. The van der Waals surface area contributed by atoms with Crippen LogP contribution in [0.4, 0.5) is 4.39 Å². The number of nitrogens with zero attached hydrogens (tertiary/aromatic N) is 1. The Morgan fingerprint density at radius 2 is 2.04 bits per heavy atom. The Morgan fingerprint density at radius 1 is 1.24 bits per heavy atom. The molecular weight excluding hydrogens is 337 g/mol. The molecule has 25 heavy (non-hydrogen) atoms. The Bertz CT molecular complexity index is 967. The minimum absolute atomic E-state index is 0.0580. The summed E-state index contributed by atoms with van der Waals surface area (Å²) in [5, 5.41) is -0.484. The van der Waals surface area contributed by atoms with Crippen LogP contribution in [0.2, 0.25) is 0 Å². The van der Waals surface area contributed by atoms with E-state index in [-0.39, 0.29) is 5.92 Å². The molecule has 1 aromatic rings. The van der Waals surface area contributed by atoms with Crippen LogP contribution in [0.1, 0.15) is 17.5 Å². The Balaban J connectivity index is 1.97. The molecule has 1 unspecified atom stereocenters. The molecule has 130 valence electrons. The zero-order chi connectivity index (χ0) is 17.8. The first-order valence-electron chi connectivity index (χ1n) is 8.36. The maximum Gasteiger partial charge on any atom is 0.183 e. The fourth-order valence-electron chi connectivity index (χ4n) is 4.00. The number of hydrogen-bond acceptors (Lipinski definition) is 3. The lowest BCUT2D eigenvalue weighted by Gasteiger charge is -2.20. The van der Waals surface area contributed by atoms with Crippen molar-refractivity contribution in [1.29, 1.82) is 0 Å². The molecule has 1 aromatic carbocycles. The van der Waals surface area contributed by atoms with Gasteiger partial charge in [-0.25, -0.2) is 12.8 Å². The number of sulfone groups is 1. The van der Waals surface area contributed by atoms with Crippen LogP contribution in [-0.4, -0.2) is 39.2 Å². The van der Waals surface area contributed by atoms with Gasteiger partial charge in [-0.05, 0) is 49.4 Å². The van der Waals surface area contributed by atoms with Gasteiger partial charge < -0.3 is 4.90 Å². The highest BCUT2D eigenvalue weighted by Crippen LogP contribution is 2.48. The van der Waals surface area contributed by atoms with Crippen molar-refractivity contribution in [2.24, 2.45) is 5.92 Å². The maximum absolute atomic E-state index is 13.9. The van der Waals surface area contributed by atoms with Gasteiger partial charge in [0.2, 0.25) is 0 Å². The predicted octanol–water partition coefficient (Wildman–Crippen LogP) is 3.42. The third-order valence-electron chi connectivity index (χ3n) is 5.05. The summed E-state index contributed by atoms with van der Waals surface area (Å²) in [6, 6.07) is 4.42. The molecule has 3 aliphatic rings. The van der Waals surface area contributed by atoms with E-state index in [0.29, 0.717) is 23.4 Å². The second-order valence-electron chi connectivity index (χ2n) is 7.09. The van der Waals surface area contributed by atoms with Crippen LogP contribution in [0.5, 0.6) is 0 Å². The second kappa shape index (κ2) is 5.78. The van der Waals surface area contributed by atoms with E-state index >= 15 is 0 Å². The van der Waals surface area contributed by atoms with Crippen molar-refractivity contribution in [3.8, 4) is 0 Å². The molecule has 5 heteroatoms. The maximum atomic E-state index is 13.9. The molecule has 2 atom stereocenters. The van der Waals surface area contributed by atoms with Crippen molar-refractivity contribution < 1.29 is 12.8 Å². The van der Waals surface area contributed by atoms with Crippen LogP contribution < -0.4 is 0 Å². The van der Waals surface area contributed by atoms with Crippen molar-refractivity contribution in [2.45, 2.75) is 11.7 Å². The number of allylic oxidation sites excluding steroid dienone is 6. The molecule has 0 amide bonds. The van der Waals surface area contributed by atoms with Crippen molar-refractivity contribution in [2.75, 3.05) is 20.6 Å². The van der Waals surface area contributed by atoms with Crippen molar-refractivity contribution in [3.05, 3.63) is 70.6 Å². The molecule has 0 aromatic heterocycles. The first-order valence-corrected chi connectivity index (χ1v) is 9.90. The summed E-state index contributed by atoms with van der Waals surface area (Å²) in [6.45, 7) is 0.464. The van der Waals surface area contributed by atoms with E-state index < -0.39 is 20.9 Å². The zero-order valence-electron chi connectivity index (χ0n) is 14.2. The average Bonchev–Trinajstić information content (AvgIpc) is 2.71. The fraction of sp³-hybridized carbons (Fsp3) is 0.300. The van der Waals surface area contributed by atoms with Crippen LogP contribution in [-0.2, 0) is 9.84 Å². The van der Waals surface area contributed by atoms with Crippen molar-refractivity contribution >= 4 is 20.8 Å². The Hall–Kier alpha value is -1.98. The molecular formula is C20H20FNO2S. The van der Waals surface area contributed by atoms with Gasteiger partial charge in [0, 0.05) is 18.0 Å². The molecule has 0 spiro atoms. The first-order chi connectivity index (χ1) is 11.9. The van der Waals surface area contributed by atoms with E-state index in [9.17, 15) is 12.8 Å². The predicted molar refractivity (Wildman–Crippen MR) is 98.9 cm³/mol. The van der Waals surface area contributed by atoms with E-state index in [0.717, 1.165) is 16.7 Å². The third kappa shape index (κ3) is 2.62. The Kier molecular flexibility index (Phi) is 3.81. The zero-order valence-corrected chi connectivity index (χ0v) is 15.1. The standard InChI is InChI=1S/C20H20FNO2S/c1-22(2)12-16-11-19-17-6-4-3-5-13(17)9-14-7-8-15(21)10-18(14)20(19)25(16,23)24/h3-10,16-17H,11-12H2,1-2H3/t16-,17?/m1/s1. The number of hydrogen-bond donors (Lipinski definition) is 0. The normalized spacial score (nSPS) is 26.2. The van der Waals surface area contributed by atoms with Gasteiger partial charge in [0.25, 0.3) is 0 Å². The van der Waals surface area contributed by atoms with E-state index in [2.05, 4.69) is 0 Å². The first kappa shape index (κ1) is 16.5. The van der Waals surface area contributed by atoms with E-state index in [1.54, 1.807) is 6.07 Å². The van der Waals surface area contributed by atoms with Crippen LogP contribution >= 0.6 is 0 Å². The highest BCUT2D eigenvalue weighted by molar-refractivity contribution is 8.01. The van der Waals surface area contributed by atoms with E-state index in [4.69, 9.17) is 0 Å². The minimum atomic E-state index is -3.51. The molecule has 0 fully saturated rings. The SMILES string of the molecule is CN(C)C[C@H]1CC2=C(c3cc(F)ccc3C=C3C=CC=CC32)S1(=O)=O. The topological polar surface area (TPSA) is 37.4 Å². The van der Waals surface area contributed by atoms with Gasteiger partial charge in [-0.2, -0.15) is 0 Å². The van der Waals surface area contributed by atoms with Gasteiger partial charge in [-0.3, -0.25) is 0 Å². The Morgan fingerprint density at radius 3 is 2.80 bits per heavy atom. The van der Waals surface area contributed by atoms with Gasteiger partial charge in [-0.1, -0.05) is 36.4 Å². The fourth-order valence-corrected chi connectivity index (χ4v) is 6.29. The van der Waals surface area contributed by atoms with Crippen molar-refractivity contribution in [3.63, 3.8) is 0 Å². The lowest BCUT2D eigenvalue weighted by molar-refractivity contribution is 0.399. The summed E-state index contributed by atoms with van der Waals surface area (Å²) in [5.74, 6) is -0.469. The van der Waals surface area contributed by atoms with Crippen LogP contribution in [0.3, 0.4) is 0 Å². The highest BCUT2D eigenvalue weighted by atomic mass is 32.2. The summed E-state index contributed by atoms with van der Waals surface area (Å²) in [5.41, 5.74) is 3.21. The van der Waals surface area contributed by atoms with E-state index in [1.165, 1.54) is 12.1 Å². The molecule has 0 N–H and O–H groups in total. The summed E-state index contributed by atoms with van der Waals surface area (Å²) < 4.78 is 40.5. The molecule has 0 radical (unpaired) electrons. The number of fused-ring (bicyclic) bond motifs is 4. The number of rotatable bonds is 2. The lowest BCUT2D eigenvalue weighted by Crippen LogP contribution is -2.30. The quantitative estimate of drug-likeness (QED) is 0.814. The molecule has 1 aliphatic heterocycles. The third-order valence-corrected chi connectivity index (χ3v) is 7.30. The molecule has 1 heterocycles. The minimum Gasteiger partial charge on any atom is -0.308 e. The monoisotopic (exact) mass is 357 g/mol.